The van der Waals surface area contributed by atoms with Crippen LogP contribution in [0.4, 0.5) is 0 Å². The van der Waals surface area contributed by atoms with Crippen LogP contribution in [0.3, 0.4) is 0 Å². The normalized spacial score (nSPS) is 30.8. The first-order chi connectivity index (χ1) is 13.3. The molecule has 28 heavy (non-hydrogen) atoms. The number of hydrogen-bond acceptors (Lipinski definition) is 5. The summed E-state index contributed by atoms with van der Waals surface area (Å²) in [5.41, 5.74) is -1.00. The van der Waals surface area contributed by atoms with Crippen molar-refractivity contribution in [2.45, 2.75) is 44.4 Å². The highest BCUT2D eigenvalue weighted by Crippen LogP contribution is 2.45. The van der Waals surface area contributed by atoms with E-state index in [1.807, 2.05) is 37.3 Å². The number of hydrogen-bond donors (Lipinski definition) is 3. The molecule has 2 amide bonds. The number of fused-ring (bicyclic) bond motifs is 1. The van der Waals surface area contributed by atoms with Gasteiger partial charge >= 0.3 is 5.97 Å². The average molecular weight is 386 g/mol. The summed E-state index contributed by atoms with van der Waals surface area (Å²) in [6.45, 7) is 3.57. The number of aliphatic carboxylic acids is 1. The number of carbonyl (C=O) groups is 3. The number of unbranched alkanes of at least 4 members (excludes halogenated alkanes) is 1. The van der Waals surface area contributed by atoms with Crippen molar-refractivity contribution >= 4 is 23.9 Å². The Hall–Kier alpha value is -2.51. The number of likely N-dealkylation sites (tertiary alicyclic amines) is 1. The molecule has 2 aliphatic heterocycles. The lowest BCUT2D eigenvalue weighted by atomic mass is 9.77. The predicted octanol–water partition coefficient (Wildman–Crippen LogP) is 1.28. The molecular weight excluding hydrogens is 360 g/mol. The molecule has 0 aliphatic carbocycles. The zero-order valence-electron chi connectivity index (χ0n) is 16.0. The van der Waals surface area contributed by atoms with Gasteiger partial charge in [0.15, 0.2) is 5.54 Å². The highest BCUT2D eigenvalue weighted by atomic mass is 16.4. The number of carboxylic acids is 1. The molecule has 3 rings (SSSR count). The summed E-state index contributed by atoms with van der Waals surface area (Å²) >= 11 is 0. The third-order valence-corrected chi connectivity index (χ3v) is 5.77. The average Bonchev–Trinajstić information content (AvgIpc) is 3.14. The van der Waals surface area contributed by atoms with Gasteiger partial charge in [-0.05, 0) is 18.9 Å². The van der Waals surface area contributed by atoms with Crippen molar-refractivity contribution in [1.29, 1.82) is 0 Å². The molecule has 150 valence electrons. The summed E-state index contributed by atoms with van der Waals surface area (Å²) in [5, 5.41) is 23.2. The number of rotatable bonds is 7. The summed E-state index contributed by atoms with van der Waals surface area (Å²) in [6, 6.07) is 8.74. The molecule has 1 aromatic rings. The van der Waals surface area contributed by atoms with Crippen molar-refractivity contribution in [3.63, 3.8) is 0 Å². The molecule has 0 radical (unpaired) electrons. The summed E-state index contributed by atoms with van der Waals surface area (Å²) < 4.78 is 0. The number of carboxylic acid groups (broad SMARTS) is 1. The SMILES string of the molecule is CCCCN1C(=O)C2C(/C=C/c3ccccc3)NC(C(=O)O)(C(C)O)C2C1=O. The van der Waals surface area contributed by atoms with Gasteiger partial charge in [0.1, 0.15) is 0 Å². The Morgan fingerprint density at radius 2 is 1.96 bits per heavy atom. The predicted molar refractivity (Wildman–Crippen MR) is 103 cm³/mol. The molecule has 0 aromatic heterocycles. The standard InChI is InChI=1S/C21H26N2O5/c1-3-4-12-23-18(25)16-15(11-10-14-8-6-5-7-9-14)22-21(13(2)24,20(27)28)17(16)19(23)26/h5-11,13,15-17,22,24H,3-4,12H2,1-2H3,(H,27,28)/b11-10+. The number of carbonyl (C=O) groups excluding carboxylic acids is 2. The van der Waals surface area contributed by atoms with Gasteiger partial charge in [0.25, 0.3) is 0 Å². The molecule has 0 saturated carbocycles. The summed E-state index contributed by atoms with van der Waals surface area (Å²) in [5.74, 6) is -4.21. The van der Waals surface area contributed by atoms with Crippen LogP contribution < -0.4 is 5.32 Å². The number of aliphatic hydroxyl groups excluding tert-OH is 1. The van der Waals surface area contributed by atoms with Crippen molar-refractivity contribution < 1.29 is 24.6 Å². The monoisotopic (exact) mass is 386 g/mol. The summed E-state index contributed by atoms with van der Waals surface area (Å²) in [7, 11) is 0. The Labute approximate surface area is 164 Å². The van der Waals surface area contributed by atoms with Gasteiger partial charge in [-0.2, -0.15) is 0 Å². The Bertz CT molecular complexity index is 791. The van der Waals surface area contributed by atoms with Gasteiger partial charge in [-0.25, -0.2) is 0 Å². The maximum Gasteiger partial charge on any atom is 0.327 e. The minimum Gasteiger partial charge on any atom is -0.480 e. The second kappa shape index (κ2) is 7.85. The van der Waals surface area contributed by atoms with E-state index >= 15 is 0 Å². The van der Waals surface area contributed by atoms with E-state index in [9.17, 15) is 24.6 Å². The summed E-state index contributed by atoms with van der Waals surface area (Å²) in [4.78, 5) is 39.4. The second-order valence-corrected chi connectivity index (χ2v) is 7.48. The van der Waals surface area contributed by atoms with Gasteiger partial charge in [0.2, 0.25) is 11.8 Å². The topological polar surface area (TPSA) is 107 Å². The fourth-order valence-electron chi connectivity index (χ4n) is 4.28. The van der Waals surface area contributed by atoms with Crippen molar-refractivity contribution in [2.75, 3.05) is 6.54 Å². The highest BCUT2D eigenvalue weighted by Gasteiger charge is 2.69. The van der Waals surface area contributed by atoms with Crippen molar-refractivity contribution in [1.82, 2.24) is 10.2 Å². The lowest BCUT2D eigenvalue weighted by Crippen LogP contribution is -2.63. The molecular formula is C21H26N2O5. The van der Waals surface area contributed by atoms with Gasteiger partial charge in [0, 0.05) is 12.6 Å². The molecule has 0 spiro atoms. The Morgan fingerprint density at radius 3 is 2.54 bits per heavy atom. The van der Waals surface area contributed by atoms with Crippen LogP contribution in [0.1, 0.15) is 32.3 Å². The summed E-state index contributed by atoms with van der Waals surface area (Å²) in [6.07, 6.45) is 3.62. The maximum absolute atomic E-state index is 13.0. The minimum absolute atomic E-state index is 0.270. The zero-order valence-corrected chi connectivity index (χ0v) is 16.0. The number of benzene rings is 1. The third-order valence-electron chi connectivity index (χ3n) is 5.77. The van der Waals surface area contributed by atoms with E-state index in [0.29, 0.717) is 6.42 Å². The smallest absolute Gasteiger partial charge is 0.327 e. The van der Waals surface area contributed by atoms with E-state index in [-0.39, 0.29) is 12.5 Å². The van der Waals surface area contributed by atoms with Gasteiger partial charge in [-0.1, -0.05) is 55.8 Å². The highest BCUT2D eigenvalue weighted by molar-refractivity contribution is 6.09. The lowest BCUT2D eigenvalue weighted by molar-refractivity contribution is -0.156. The maximum atomic E-state index is 13.0. The van der Waals surface area contributed by atoms with Gasteiger partial charge in [0.05, 0.1) is 17.9 Å². The van der Waals surface area contributed by atoms with Crippen LogP contribution in [0.15, 0.2) is 36.4 Å². The van der Waals surface area contributed by atoms with Crippen LogP contribution in [0.25, 0.3) is 6.08 Å². The van der Waals surface area contributed by atoms with Crippen LogP contribution >= 0.6 is 0 Å². The molecule has 0 bridgehead atoms. The molecule has 5 unspecified atom stereocenters. The number of aliphatic hydroxyl groups is 1. The molecule has 7 heteroatoms. The molecule has 3 N–H and O–H groups in total. The Morgan fingerprint density at radius 1 is 1.29 bits per heavy atom. The molecule has 2 fully saturated rings. The van der Waals surface area contributed by atoms with Crippen LogP contribution in [0.2, 0.25) is 0 Å². The van der Waals surface area contributed by atoms with Gasteiger partial charge in [-0.3, -0.25) is 24.6 Å². The van der Waals surface area contributed by atoms with Crippen LogP contribution in [-0.4, -0.2) is 57.1 Å². The second-order valence-electron chi connectivity index (χ2n) is 7.48. The molecule has 1 aromatic carbocycles. The first-order valence-corrected chi connectivity index (χ1v) is 9.62. The van der Waals surface area contributed by atoms with E-state index in [0.717, 1.165) is 12.0 Å². The Kier molecular flexibility index (Phi) is 5.67. The number of nitrogens with one attached hydrogen (secondary N) is 1. The first kappa shape index (κ1) is 20.2. The van der Waals surface area contributed by atoms with Gasteiger partial charge in [-0.15, -0.1) is 0 Å². The van der Waals surface area contributed by atoms with E-state index in [4.69, 9.17) is 0 Å². The van der Waals surface area contributed by atoms with E-state index in [1.54, 1.807) is 12.2 Å². The van der Waals surface area contributed by atoms with Crippen molar-refractivity contribution in [3.8, 4) is 0 Å². The van der Waals surface area contributed by atoms with E-state index in [2.05, 4.69) is 5.32 Å². The minimum atomic E-state index is -1.90. The number of imide groups is 1. The number of nitrogens with zero attached hydrogens (tertiary/aromatic N) is 1. The quantitative estimate of drug-likeness (QED) is 0.610. The fraction of sp³-hybridized carbons (Fsp3) is 0.476. The van der Waals surface area contributed by atoms with Crippen LogP contribution in [0.5, 0.6) is 0 Å². The molecule has 2 saturated heterocycles. The molecule has 2 aliphatic rings. The van der Waals surface area contributed by atoms with Crippen molar-refractivity contribution in [3.05, 3.63) is 42.0 Å². The Balaban J connectivity index is 2.01. The lowest BCUT2D eigenvalue weighted by Gasteiger charge is -2.33. The van der Waals surface area contributed by atoms with Crippen LogP contribution in [-0.2, 0) is 14.4 Å². The largest absolute Gasteiger partial charge is 0.480 e. The fourth-order valence-corrected chi connectivity index (χ4v) is 4.28. The van der Waals surface area contributed by atoms with Gasteiger partial charge < -0.3 is 10.2 Å². The molecule has 5 atom stereocenters. The third kappa shape index (κ3) is 3.14. The molecule has 7 nitrogen and oxygen atoms in total. The van der Waals surface area contributed by atoms with Crippen molar-refractivity contribution in [2.24, 2.45) is 11.8 Å². The first-order valence-electron chi connectivity index (χ1n) is 9.62. The molecule has 2 heterocycles. The zero-order chi connectivity index (χ0) is 20.5. The number of amides is 2. The van der Waals surface area contributed by atoms with Crippen LogP contribution in [0, 0.1) is 11.8 Å². The van der Waals surface area contributed by atoms with E-state index in [1.165, 1.54) is 11.8 Å². The van der Waals surface area contributed by atoms with E-state index < -0.39 is 41.4 Å².